The summed E-state index contributed by atoms with van der Waals surface area (Å²) in [5, 5.41) is 12.5. The van der Waals surface area contributed by atoms with Crippen molar-refractivity contribution in [1.29, 1.82) is 0 Å². The lowest BCUT2D eigenvalue weighted by atomic mass is 9.34. The molecule has 9 heteroatoms. The highest BCUT2D eigenvalue weighted by Gasteiger charge is 2.98. The highest BCUT2D eigenvalue weighted by atomic mass is 32.2. The predicted octanol–water partition coefficient (Wildman–Crippen LogP) is 1.37. The molecule has 10 bridgehead atoms. The van der Waals surface area contributed by atoms with Crippen molar-refractivity contribution in [1.82, 2.24) is 4.90 Å². The van der Waals surface area contributed by atoms with E-state index in [4.69, 9.17) is 18.4 Å². The van der Waals surface area contributed by atoms with Crippen LogP contribution < -0.4 is 0 Å². The molecule has 9 fully saturated rings. The number of methoxy groups -OCH3 is 1. The van der Waals surface area contributed by atoms with Gasteiger partial charge in [-0.15, -0.1) is 0 Å². The Morgan fingerprint density at radius 3 is 2.68 bits per heavy atom. The fourth-order valence-corrected chi connectivity index (χ4v) is 13.4. The third kappa shape index (κ3) is 1.81. The van der Waals surface area contributed by atoms with Crippen LogP contribution in [0, 0.1) is 39.9 Å². The Kier molecular flexibility index (Phi) is 3.77. The van der Waals surface area contributed by atoms with Crippen LogP contribution in [-0.2, 0) is 28.5 Å². The smallest absolute Gasteiger partial charge is 0.264 e. The minimum absolute atomic E-state index is 0.00115. The van der Waals surface area contributed by atoms with Crippen molar-refractivity contribution in [3.05, 3.63) is 0 Å². The van der Waals surface area contributed by atoms with E-state index in [1.807, 2.05) is 7.11 Å². The van der Waals surface area contributed by atoms with Gasteiger partial charge in [-0.3, -0.25) is 9.08 Å². The molecule has 2 aliphatic heterocycles. The van der Waals surface area contributed by atoms with E-state index in [0.29, 0.717) is 5.92 Å². The molecular formula is C25H37NO7S. The molecule has 1 N–H and O–H groups in total. The molecule has 2 saturated heterocycles. The number of aliphatic hydroxyl groups excluding tert-OH is 1. The zero-order valence-electron chi connectivity index (χ0n) is 20.5. The number of aliphatic hydroxyl groups is 1. The summed E-state index contributed by atoms with van der Waals surface area (Å²) in [7, 11) is -1.80. The van der Waals surface area contributed by atoms with Crippen molar-refractivity contribution >= 4 is 10.1 Å². The van der Waals surface area contributed by atoms with Crippen LogP contribution in [-0.4, -0.2) is 87.2 Å². The molecule has 7 aliphatic carbocycles. The summed E-state index contributed by atoms with van der Waals surface area (Å²) in [6.45, 7) is 6.58. The number of ether oxygens (including phenoxy) is 3. The van der Waals surface area contributed by atoms with Gasteiger partial charge in [0.15, 0.2) is 0 Å². The fourth-order valence-electron chi connectivity index (χ4n) is 12.8. The standard InChI is InChI=1S/C25H37NO7S/c1-5-26-11-21(2)7-6-15(30-3)24-18(21)19(27)25(20(24)26)23(31-12-32-25)9-13-8-22(24)10-14(13)16(17(22)23)33-34(4,28)29/h13-20,27H,5-12H2,1-4H3/t13-,14-,15+,16+,17+,18-,19+,20+,21+,22+,23-,24-,25-/m1/s1. The zero-order valence-corrected chi connectivity index (χ0v) is 21.3. The molecule has 0 aromatic rings. The van der Waals surface area contributed by atoms with Crippen LogP contribution in [0.3, 0.4) is 0 Å². The molecule has 7 saturated carbocycles. The SMILES string of the molecule is CCN1C[C@]2(C)CC[C@H](OC)[C@]34[C@@H]2[C@H](O)[C@@]2(OCO[C@@]25C[C@H]2C[C@@]36C[C@H]2[C@H](OS(C)(=O)=O)[C@@H]65)[C@@H]14. The van der Waals surface area contributed by atoms with Crippen LogP contribution in [0.25, 0.3) is 0 Å². The second-order valence-corrected chi connectivity index (χ2v) is 14.9. The van der Waals surface area contributed by atoms with Crippen molar-refractivity contribution in [2.75, 3.05) is 33.2 Å². The Balaban J connectivity index is 1.48. The zero-order chi connectivity index (χ0) is 23.7. The number of nitrogens with zero attached hydrogens (tertiary/aromatic N) is 1. The molecule has 0 aromatic heterocycles. The third-order valence-electron chi connectivity index (χ3n) is 12.7. The molecule has 9 aliphatic rings. The van der Waals surface area contributed by atoms with Crippen LogP contribution in [0.4, 0.5) is 0 Å². The van der Waals surface area contributed by atoms with Crippen LogP contribution in [0.1, 0.15) is 46.0 Å². The van der Waals surface area contributed by atoms with Gasteiger partial charge < -0.3 is 19.3 Å². The van der Waals surface area contributed by atoms with E-state index in [9.17, 15) is 13.5 Å². The first-order chi connectivity index (χ1) is 16.1. The molecule has 34 heavy (non-hydrogen) atoms. The lowest BCUT2D eigenvalue weighted by Crippen LogP contribution is -2.85. The topological polar surface area (TPSA) is 94.5 Å². The van der Waals surface area contributed by atoms with Gasteiger partial charge in [0.05, 0.1) is 30.6 Å². The molecule has 4 spiro atoms. The molecule has 2 heterocycles. The van der Waals surface area contributed by atoms with E-state index in [-0.39, 0.29) is 52.9 Å². The molecule has 0 radical (unpaired) electrons. The van der Waals surface area contributed by atoms with Gasteiger partial charge >= 0.3 is 0 Å². The second-order valence-electron chi connectivity index (χ2n) is 13.3. The van der Waals surface area contributed by atoms with Crippen LogP contribution in [0.5, 0.6) is 0 Å². The third-order valence-corrected chi connectivity index (χ3v) is 13.3. The number of likely N-dealkylation sites (N-methyl/N-ethyl adjacent to an activating group) is 1. The Bertz CT molecular complexity index is 1090. The average molecular weight is 496 g/mol. The van der Waals surface area contributed by atoms with Crippen molar-refractivity contribution in [3.8, 4) is 0 Å². The summed E-state index contributed by atoms with van der Waals surface area (Å²) in [5.74, 6) is 0.452. The van der Waals surface area contributed by atoms with Crippen LogP contribution in [0.2, 0.25) is 0 Å². The highest BCUT2D eigenvalue weighted by Crippen LogP contribution is 2.90. The summed E-state index contributed by atoms with van der Waals surface area (Å²) in [5.41, 5.74) is -2.15. The number of piperidine rings is 1. The molecule has 13 atom stereocenters. The first-order valence-electron chi connectivity index (χ1n) is 13.2. The Morgan fingerprint density at radius 2 is 1.97 bits per heavy atom. The maximum Gasteiger partial charge on any atom is 0.264 e. The van der Waals surface area contributed by atoms with Gasteiger partial charge in [0, 0.05) is 30.9 Å². The molecular weight excluding hydrogens is 458 g/mol. The molecule has 190 valence electrons. The molecule has 0 amide bonds. The first kappa shape index (κ1) is 21.8. The van der Waals surface area contributed by atoms with Crippen molar-refractivity contribution in [3.63, 3.8) is 0 Å². The van der Waals surface area contributed by atoms with E-state index in [1.165, 1.54) is 6.26 Å². The van der Waals surface area contributed by atoms with Gasteiger partial charge in [-0.25, -0.2) is 0 Å². The van der Waals surface area contributed by atoms with E-state index in [2.05, 4.69) is 18.7 Å². The first-order valence-corrected chi connectivity index (χ1v) is 15.0. The monoisotopic (exact) mass is 495 g/mol. The Hall–Kier alpha value is -0.290. The number of likely N-dealkylation sites (tertiary alicyclic amines) is 1. The lowest BCUT2D eigenvalue weighted by Gasteiger charge is -2.75. The normalized spacial score (nSPS) is 64.6. The minimum atomic E-state index is -3.64. The maximum atomic E-state index is 12.5. The molecule has 8 nitrogen and oxygen atoms in total. The van der Waals surface area contributed by atoms with Crippen LogP contribution >= 0.6 is 0 Å². The van der Waals surface area contributed by atoms with E-state index >= 15 is 0 Å². The molecule has 0 aromatic carbocycles. The highest BCUT2D eigenvalue weighted by molar-refractivity contribution is 7.86. The van der Waals surface area contributed by atoms with Gasteiger partial charge in [0.1, 0.15) is 18.0 Å². The van der Waals surface area contributed by atoms with E-state index < -0.39 is 33.5 Å². The van der Waals surface area contributed by atoms with Crippen molar-refractivity contribution in [2.45, 2.75) is 81.5 Å². The van der Waals surface area contributed by atoms with E-state index in [0.717, 1.165) is 45.2 Å². The van der Waals surface area contributed by atoms with Crippen molar-refractivity contribution in [2.24, 2.45) is 39.9 Å². The van der Waals surface area contributed by atoms with E-state index in [1.54, 1.807) is 0 Å². The van der Waals surface area contributed by atoms with Crippen molar-refractivity contribution < 1.29 is 31.9 Å². The number of rotatable bonds is 4. The Labute approximate surface area is 201 Å². The summed E-state index contributed by atoms with van der Waals surface area (Å²) in [6, 6.07) is -0.00115. The second kappa shape index (κ2) is 5.89. The van der Waals surface area contributed by atoms with Gasteiger partial charge in [0.2, 0.25) is 0 Å². The summed E-state index contributed by atoms with van der Waals surface area (Å²) in [4.78, 5) is 2.59. The van der Waals surface area contributed by atoms with Crippen LogP contribution in [0.15, 0.2) is 0 Å². The Morgan fingerprint density at radius 1 is 1.18 bits per heavy atom. The van der Waals surface area contributed by atoms with Gasteiger partial charge in [0.25, 0.3) is 10.1 Å². The number of hydrogen-bond acceptors (Lipinski definition) is 8. The summed E-state index contributed by atoms with van der Waals surface area (Å²) < 4.78 is 50.8. The molecule has 9 rings (SSSR count). The summed E-state index contributed by atoms with van der Waals surface area (Å²) in [6.07, 6.45) is 4.90. The molecule has 0 unspecified atom stereocenters. The van der Waals surface area contributed by atoms with Gasteiger partial charge in [-0.05, 0) is 61.3 Å². The summed E-state index contributed by atoms with van der Waals surface area (Å²) >= 11 is 0. The maximum absolute atomic E-state index is 12.5. The number of hydrogen-bond donors (Lipinski definition) is 1. The van der Waals surface area contributed by atoms with Gasteiger partial charge in [-0.1, -0.05) is 13.8 Å². The lowest BCUT2D eigenvalue weighted by molar-refractivity contribution is -0.329. The fraction of sp³-hybridized carbons (Fsp3) is 1.00. The van der Waals surface area contributed by atoms with Gasteiger partial charge in [-0.2, -0.15) is 8.42 Å². The predicted molar refractivity (Wildman–Crippen MR) is 120 cm³/mol. The minimum Gasteiger partial charge on any atom is -0.390 e. The quantitative estimate of drug-likeness (QED) is 0.585. The largest absolute Gasteiger partial charge is 0.390 e. The average Bonchev–Trinajstić information content (AvgIpc) is 3.42.